The first-order chi connectivity index (χ1) is 14.5. The molecule has 168 valence electrons. The Hall–Kier alpha value is -2.31. The van der Waals surface area contributed by atoms with Crippen molar-refractivity contribution in [1.82, 2.24) is 8.61 Å². The third kappa shape index (κ3) is 4.80. The highest BCUT2D eigenvalue weighted by Crippen LogP contribution is 2.25. The largest absolute Gasteiger partial charge is 0.379 e. The molecule has 0 bridgehead atoms. The number of nitrogens with one attached hydrogen (secondary N) is 1. The number of ether oxygens (including phenoxy) is 1. The summed E-state index contributed by atoms with van der Waals surface area (Å²) in [6.07, 6.45) is 0. The lowest BCUT2D eigenvalue weighted by atomic mass is 10.1. The molecule has 0 atom stereocenters. The first-order valence-corrected chi connectivity index (χ1v) is 12.4. The summed E-state index contributed by atoms with van der Waals surface area (Å²) >= 11 is 0. The Labute approximate surface area is 182 Å². The van der Waals surface area contributed by atoms with Crippen molar-refractivity contribution in [1.29, 1.82) is 0 Å². The maximum absolute atomic E-state index is 13.0. The molecule has 1 fully saturated rings. The molecule has 1 aliphatic rings. The van der Waals surface area contributed by atoms with Gasteiger partial charge in [0.05, 0.1) is 23.8 Å². The van der Waals surface area contributed by atoms with Gasteiger partial charge in [-0.15, -0.1) is 0 Å². The number of anilines is 1. The monoisotopic (exact) mass is 467 g/mol. The van der Waals surface area contributed by atoms with E-state index in [1.165, 1.54) is 42.7 Å². The number of carbonyl (C=O) groups is 1. The Balaban J connectivity index is 1.95. The van der Waals surface area contributed by atoms with E-state index in [1.807, 2.05) is 0 Å². The van der Waals surface area contributed by atoms with Crippen LogP contribution >= 0.6 is 0 Å². The van der Waals surface area contributed by atoms with Gasteiger partial charge in [-0.05, 0) is 36.8 Å². The number of aryl methyl sites for hydroxylation is 1. The maximum Gasteiger partial charge on any atom is 0.256 e. The van der Waals surface area contributed by atoms with E-state index >= 15 is 0 Å². The second kappa shape index (κ2) is 9.05. The van der Waals surface area contributed by atoms with Crippen LogP contribution in [-0.2, 0) is 24.8 Å². The number of carbonyl (C=O) groups excluding carboxylic acids is 1. The zero-order valence-electron chi connectivity index (χ0n) is 17.5. The molecule has 1 amide bonds. The molecule has 31 heavy (non-hydrogen) atoms. The van der Waals surface area contributed by atoms with Crippen LogP contribution in [0.1, 0.15) is 15.9 Å². The van der Waals surface area contributed by atoms with Gasteiger partial charge in [-0.3, -0.25) is 4.79 Å². The molecule has 0 saturated carbocycles. The van der Waals surface area contributed by atoms with Gasteiger partial charge in [0.25, 0.3) is 5.91 Å². The van der Waals surface area contributed by atoms with Crippen LogP contribution in [0.3, 0.4) is 0 Å². The minimum Gasteiger partial charge on any atom is -0.379 e. The number of hydrogen-bond donors (Lipinski definition) is 1. The molecule has 9 nitrogen and oxygen atoms in total. The Morgan fingerprint density at radius 1 is 1.03 bits per heavy atom. The van der Waals surface area contributed by atoms with E-state index in [0.717, 1.165) is 4.31 Å². The Morgan fingerprint density at radius 2 is 1.68 bits per heavy atom. The lowest BCUT2D eigenvalue weighted by Crippen LogP contribution is -2.40. The Morgan fingerprint density at radius 3 is 2.32 bits per heavy atom. The molecule has 2 aromatic rings. The molecule has 11 heteroatoms. The van der Waals surface area contributed by atoms with Crippen LogP contribution in [0.5, 0.6) is 0 Å². The zero-order chi connectivity index (χ0) is 22.8. The predicted molar refractivity (Wildman–Crippen MR) is 116 cm³/mol. The van der Waals surface area contributed by atoms with Crippen LogP contribution in [0, 0.1) is 6.92 Å². The van der Waals surface area contributed by atoms with Crippen molar-refractivity contribution in [2.45, 2.75) is 16.7 Å². The van der Waals surface area contributed by atoms with E-state index < -0.39 is 26.0 Å². The van der Waals surface area contributed by atoms with Gasteiger partial charge in [-0.2, -0.15) is 4.31 Å². The smallest absolute Gasteiger partial charge is 0.256 e. The number of morpholine rings is 1. The van der Waals surface area contributed by atoms with Crippen LogP contribution in [0.2, 0.25) is 0 Å². The number of sulfonamides is 2. The van der Waals surface area contributed by atoms with Crippen molar-refractivity contribution in [3.05, 3.63) is 53.6 Å². The highest BCUT2D eigenvalue weighted by molar-refractivity contribution is 7.89. The summed E-state index contributed by atoms with van der Waals surface area (Å²) in [6, 6.07) is 10.4. The van der Waals surface area contributed by atoms with Gasteiger partial charge in [-0.1, -0.05) is 18.2 Å². The highest BCUT2D eigenvalue weighted by atomic mass is 32.2. The van der Waals surface area contributed by atoms with Crippen LogP contribution in [0.15, 0.2) is 52.3 Å². The van der Waals surface area contributed by atoms with E-state index in [9.17, 15) is 21.6 Å². The average molecular weight is 468 g/mol. The summed E-state index contributed by atoms with van der Waals surface area (Å²) in [6.45, 7) is 2.80. The summed E-state index contributed by atoms with van der Waals surface area (Å²) in [5.74, 6) is -0.599. The van der Waals surface area contributed by atoms with Crippen LogP contribution in [0.25, 0.3) is 0 Å². The van der Waals surface area contributed by atoms with Gasteiger partial charge in [0, 0.05) is 32.7 Å². The fourth-order valence-corrected chi connectivity index (χ4v) is 5.60. The average Bonchev–Trinajstić information content (AvgIpc) is 2.74. The molecular formula is C20H25N3O6S2. The third-order valence-corrected chi connectivity index (χ3v) is 8.72. The minimum atomic E-state index is -3.79. The molecule has 0 unspecified atom stereocenters. The standard InChI is InChI=1S/C20H25N3O6S2/c1-15-8-9-16(30(25,26)23-10-12-29-13-11-23)14-17(15)20(24)21-18-6-4-5-7-19(18)31(27,28)22(2)3/h4-9,14H,10-13H2,1-3H3,(H,21,24). The van der Waals surface area contributed by atoms with Crippen molar-refractivity contribution in [3.8, 4) is 0 Å². The Bertz CT molecular complexity index is 1190. The predicted octanol–water partition coefficient (Wildman–Crippen LogP) is 1.52. The second-order valence-corrected chi connectivity index (χ2v) is 11.3. The fraction of sp³-hybridized carbons (Fsp3) is 0.350. The first kappa shape index (κ1) is 23.4. The third-order valence-electron chi connectivity index (χ3n) is 4.96. The van der Waals surface area contributed by atoms with Crippen LogP contribution in [0.4, 0.5) is 5.69 Å². The molecule has 1 heterocycles. The summed E-state index contributed by atoms with van der Waals surface area (Å²) in [4.78, 5) is 12.9. The lowest BCUT2D eigenvalue weighted by molar-refractivity contribution is 0.0730. The van der Waals surface area contributed by atoms with E-state index in [2.05, 4.69) is 5.32 Å². The first-order valence-electron chi connectivity index (χ1n) is 9.56. The van der Waals surface area contributed by atoms with Crippen LogP contribution in [-0.4, -0.2) is 71.8 Å². The second-order valence-electron chi connectivity index (χ2n) is 7.23. The summed E-state index contributed by atoms with van der Waals surface area (Å²) < 4.78 is 58.6. The van der Waals surface area contributed by atoms with Crippen molar-refractivity contribution < 1.29 is 26.4 Å². The molecule has 3 rings (SSSR count). The van der Waals surface area contributed by atoms with Gasteiger partial charge >= 0.3 is 0 Å². The molecule has 1 saturated heterocycles. The number of benzene rings is 2. The molecule has 2 aromatic carbocycles. The van der Waals surface area contributed by atoms with Gasteiger partial charge in [0.15, 0.2) is 0 Å². The van der Waals surface area contributed by atoms with E-state index in [-0.39, 0.29) is 34.1 Å². The number of rotatable bonds is 6. The van der Waals surface area contributed by atoms with Crippen molar-refractivity contribution in [2.24, 2.45) is 0 Å². The van der Waals surface area contributed by atoms with Gasteiger partial charge < -0.3 is 10.1 Å². The van der Waals surface area contributed by atoms with Crippen molar-refractivity contribution >= 4 is 31.6 Å². The molecule has 1 N–H and O–H groups in total. The number of amides is 1. The summed E-state index contributed by atoms with van der Waals surface area (Å²) in [5, 5.41) is 2.61. The van der Waals surface area contributed by atoms with Crippen LogP contribution < -0.4 is 5.32 Å². The molecule has 0 spiro atoms. The lowest BCUT2D eigenvalue weighted by Gasteiger charge is -2.26. The maximum atomic E-state index is 13.0. The molecule has 0 radical (unpaired) electrons. The Kier molecular flexibility index (Phi) is 6.82. The highest BCUT2D eigenvalue weighted by Gasteiger charge is 2.28. The molecule has 0 aliphatic carbocycles. The number of hydrogen-bond acceptors (Lipinski definition) is 6. The molecule has 1 aliphatic heterocycles. The fourth-order valence-electron chi connectivity index (χ4n) is 3.12. The zero-order valence-corrected chi connectivity index (χ0v) is 19.2. The quantitative estimate of drug-likeness (QED) is 0.689. The molecular weight excluding hydrogens is 442 g/mol. The van der Waals surface area contributed by atoms with E-state index in [4.69, 9.17) is 4.74 Å². The minimum absolute atomic E-state index is 0.000604. The number of nitrogens with zero attached hydrogens (tertiary/aromatic N) is 2. The van der Waals surface area contributed by atoms with E-state index in [0.29, 0.717) is 18.8 Å². The SMILES string of the molecule is Cc1ccc(S(=O)(=O)N2CCOCC2)cc1C(=O)Nc1ccccc1S(=O)(=O)N(C)C. The number of para-hydroxylation sites is 1. The molecule has 0 aromatic heterocycles. The van der Waals surface area contributed by atoms with Crippen molar-refractivity contribution in [2.75, 3.05) is 45.7 Å². The normalized spacial score (nSPS) is 15.7. The van der Waals surface area contributed by atoms with E-state index in [1.54, 1.807) is 25.1 Å². The summed E-state index contributed by atoms with van der Waals surface area (Å²) in [5.41, 5.74) is 0.819. The van der Waals surface area contributed by atoms with Gasteiger partial charge in [0.2, 0.25) is 20.0 Å². The topological polar surface area (TPSA) is 113 Å². The summed E-state index contributed by atoms with van der Waals surface area (Å²) in [7, 11) is -4.77. The van der Waals surface area contributed by atoms with Crippen molar-refractivity contribution in [3.63, 3.8) is 0 Å². The van der Waals surface area contributed by atoms with Gasteiger partial charge in [0.1, 0.15) is 4.90 Å². The van der Waals surface area contributed by atoms with Gasteiger partial charge in [-0.25, -0.2) is 21.1 Å².